The fraction of sp³-hybridized carbons (Fsp3) is 0.650. The number of nitrogens with one attached hydrogen (secondary N) is 2. The first-order valence-electron chi connectivity index (χ1n) is 9.96. The molecule has 1 aliphatic rings. The number of sulfonamides is 1. The molecule has 0 radical (unpaired) electrons. The van der Waals surface area contributed by atoms with Crippen LogP contribution in [0.15, 0.2) is 35.3 Å². The average Bonchev–Trinajstić information content (AvgIpc) is 2.70. The van der Waals surface area contributed by atoms with E-state index in [0.717, 1.165) is 38.3 Å². The normalized spacial score (nSPS) is 17.4. The van der Waals surface area contributed by atoms with Crippen molar-refractivity contribution >= 4 is 40.0 Å². The Morgan fingerprint density at radius 3 is 2.48 bits per heavy atom. The fourth-order valence-corrected chi connectivity index (χ4v) is 4.14. The molecule has 1 heterocycles. The summed E-state index contributed by atoms with van der Waals surface area (Å²) in [6, 6.07) is 10.2. The summed E-state index contributed by atoms with van der Waals surface area (Å²) in [6.45, 7) is 5.55. The molecule has 29 heavy (non-hydrogen) atoms. The summed E-state index contributed by atoms with van der Waals surface area (Å²) < 4.78 is 30.6. The zero-order chi connectivity index (χ0) is 20.4. The minimum atomic E-state index is -3.06. The molecule has 2 N–H and O–H groups in total. The molecule has 7 nitrogen and oxygen atoms in total. The van der Waals surface area contributed by atoms with Gasteiger partial charge in [-0.3, -0.25) is 4.99 Å². The number of benzene rings is 1. The minimum absolute atomic E-state index is 0. The van der Waals surface area contributed by atoms with E-state index in [1.54, 1.807) is 11.4 Å². The highest BCUT2D eigenvalue weighted by atomic mass is 127. The van der Waals surface area contributed by atoms with Crippen LogP contribution in [0.3, 0.4) is 0 Å². The molecule has 2 rings (SSSR count). The van der Waals surface area contributed by atoms with Crippen LogP contribution in [0.1, 0.15) is 37.9 Å². The minimum Gasteiger partial charge on any atom is -0.374 e. The van der Waals surface area contributed by atoms with Crippen molar-refractivity contribution in [3.05, 3.63) is 35.9 Å². The highest BCUT2D eigenvalue weighted by Crippen LogP contribution is 2.18. The fourth-order valence-electron chi connectivity index (χ4n) is 3.27. The van der Waals surface area contributed by atoms with Gasteiger partial charge < -0.3 is 15.4 Å². The summed E-state index contributed by atoms with van der Waals surface area (Å²) in [6.07, 6.45) is 4.02. The molecule has 1 unspecified atom stereocenters. The second kappa shape index (κ2) is 13.4. The van der Waals surface area contributed by atoms with Gasteiger partial charge in [0.05, 0.1) is 12.4 Å². The molecule has 0 bridgehead atoms. The van der Waals surface area contributed by atoms with E-state index in [1.165, 1.54) is 11.8 Å². The molecular formula is C20H35IN4O3S. The highest BCUT2D eigenvalue weighted by Gasteiger charge is 2.24. The number of ether oxygens (including phenoxy) is 1. The predicted molar refractivity (Wildman–Crippen MR) is 129 cm³/mol. The maximum Gasteiger partial charge on any atom is 0.211 e. The third-order valence-corrected chi connectivity index (χ3v) is 6.38. The van der Waals surface area contributed by atoms with Gasteiger partial charge in [-0.05, 0) is 37.7 Å². The zero-order valence-electron chi connectivity index (χ0n) is 17.6. The Morgan fingerprint density at radius 2 is 1.90 bits per heavy atom. The molecule has 1 saturated heterocycles. The Kier molecular flexibility index (Phi) is 12.1. The lowest BCUT2D eigenvalue weighted by molar-refractivity contribution is 0.0646. The number of hydrogen-bond donors (Lipinski definition) is 2. The van der Waals surface area contributed by atoms with Crippen molar-refractivity contribution in [1.29, 1.82) is 0 Å². The first-order chi connectivity index (χ1) is 13.4. The van der Waals surface area contributed by atoms with Gasteiger partial charge in [-0.15, -0.1) is 24.0 Å². The summed E-state index contributed by atoms with van der Waals surface area (Å²) in [5.41, 5.74) is 1.19. The summed E-state index contributed by atoms with van der Waals surface area (Å²) in [7, 11) is -1.30. The Labute approximate surface area is 192 Å². The molecule has 0 aliphatic carbocycles. The number of nitrogens with zero attached hydrogens (tertiary/aromatic N) is 2. The number of aliphatic imine (C=N–C) groups is 1. The molecule has 9 heteroatoms. The predicted octanol–water partition coefficient (Wildman–Crippen LogP) is 2.61. The van der Waals surface area contributed by atoms with Gasteiger partial charge in [0, 0.05) is 39.8 Å². The largest absolute Gasteiger partial charge is 0.374 e. The molecule has 1 aromatic carbocycles. The van der Waals surface area contributed by atoms with Gasteiger partial charge in [0.25, 0.3) is 0 Å². The van der Waals surface area contributed by atoms with Crippen LogP contribution in [0.25, 0.3) is 0 Å². The Hall–Kier alpha value is -0.910. The van der Waals surface area contributed by atoms with E-state index < -0.39 is 10.0 Å². The van der Waals surface area contributed by atoms with Gasteiger partial charge in [0.1, 0.15) is 0 Å². The molecule has 1 aliphatic heterocycles. The lowest BCUT2D eigenvalue weighted by Crippen LogP contribution is -2.44. The molecule has 0 aromatic heterocycles. The van der Waals surface area contributed by atoms with E-state index in [4.69, 9.17) is 4.74 Å². The van der Waals surface area contributed by atoms with Crippen LogP contribution < -0.4 is 10.6 Å². The quantitative estimate of drug-likeness (QED) is 0.219. The number of guanidine groups is 1. The zero-order valence-corrected chi connectivity index (χ0v) is 20.8. The van der Waals surface area contributed by atoms with Crippen molar-refractivity contribution in [1.82, 2.24) is 14.9 Å². The molecule has 1 aromatic rings. The van der Waals surface area contributed by atoms with Crippen LogP contribution in [-0.4, -0.2) is 64.8 Å². The first kappa shape index (κ1) is 26.1. The third kappa shape index (κ3) is 9.63. The Balaban J connectivity index is 0.00000420. The van der Waals surface area contributed by atoms with Gasteiger partial charge in [-0.25, -0.2) is 12.7 Å². The number of hydrogen-bond acceptors (Lipinski definition) is 4. The molecule has 0 saturated carbocycles. The lowest BCUT2D eigenvalue weighted by Gasteiger charge is -2.30. The van der Waals surface area contributed by atoms with Crippen molar-refractivity contribution in [2.24, 2.45) is 10.9 Å². The topological polar surface area (TPSA) is 83.0 Å². The third-order valence-electron chi connectivity index (χ3n) is 5.07. The molecule has 0 spiro atoms. The second-order valence-corrected chi connectivity index (χ2v) is 9.25. The molecular weight excluding hydrogens is 503 g/mol. The van der Waals surface area contributed by atoms with Gasteiger partial charge in [0.15, 0.2) is 5.96 Å². The first-order valence-corrected chi connectivity index (χ1v) is 11.8. The van der Waals surface area contributed by atoms with E-state index in [1.807, 2.05) is 18.2 Å². The SMILES string of the molecule is CN=C(NCCCOC(C)c1ccccc1)NCC1CCN(S(C)(=O)=O)CC1.I. The van der Waals surface area contributed by atoms with Crippen LogP contribution in [0, 0.1) is 5.92 Å². The number of rotatable bonds is 9. The molecule has 1 atom stereocenters. The molecule has 166 valence electrons. The van der Waals surface area contributed by atoms with Crippen LogP contribution >= 0.6 is 24.0 Å². The maximum absolute atomic E-state index is 11.6. The van der Waals surface area contributed by atoms with E-state index in [2.05, 4.69) is 34.7 Å². The van der Waals surface area contributed by atoms with Crippen molar-refractivity contribution < 1.29 is 13.2 Å². The summed E-state index contributed by atoms with van der Waals surface area (Å²) in [5.74, 6) is 1.24. The van der Waals surface area contributed by atoms with E-state index in [9.17, 15) is 8.42 Å². The van der Waals surface area contributed by atoms with Crippen molar-refractivity contribution in [2.75, 3.05) is 46.1 Å². The standard InChI is InChI=1S/C20H34N4O3S.HI/c1-17(19-8-5-4-6-9-19)27-15-7-12-22-20(21-2)23-16-18-10-13-24(14-11-18)28(3,25)26;/h4-6,8-9,17-18H,7,10-16H2,1-3H3,(H2,21,22,23);1H. The van der Waals surface area contributed by atoms with Crippen molar-refractivity contribution in [3.8, 4) is 0 Å². The van der Waals surface area contributed by atoms with E-state index in [-0.39, 0.29) is 30.1 Å². The number of piperidine rings is 1. The number of halogens is 1. The maximum atomic E-state index is 11.6. The summed E-state index contributed by atoms with van der Waals surface area (Å²) in [5, 5.41) is 6.66. The Bertz CT molecular complexity index is 708. The van der Waals surface area contributed by atoms with Crippen molar-refractivity contribution in [2.45, 2.75) is 32.3 Å². The summed E-state index contributed by atoms with van der Waals surface area (Å²) >= 11 is 0. The van der Waals surface area contributed by atoms with Gasteiger partial charge in [-0.1, -0.05) is 30.3 Å². The van der Waals surface area contributed by atoms with Crippen LogP contribution in [-0.2, 0) is 14.8 Å². The van der Waals surface area contributed by atoms with E-state index in [0.29, 0.717) is 25.6 Å². The van der Waals surface area contributed by atoms with Gasteiger partial charge in [0.2, 0.25) is 10.0 Å². The highest BCUT2D eigenvalue weighted by molar-refractivity contribution is 14.0. The van der Waals surface area contributed by atoms with Crippen LogP contribution in [0.2, 0.25) is 0 Å². The average molecular weight is 538 g/mol. The monoisotopic (exact) mass is 538 g/mol. The van der Waals surface area contributed by atoms with E-state index >= 15 is 0 Å². The molecule has 1 fully saturated rings. The van der Waals surface area contributed by atoms with Crippen LogP contribution in [0.5, 0.6) is 0 Å². The van der Waals surface area contributed by atoms with Crippen molar-refractivity contribution in [3.63, 3.8) is 0 Å². The van der Waals surface area contributed by atoms with Gasteiger partial charge >= 0.3 is 0 Å². The van der Waals surface area contributed by atoms with Crippen LogP contribution in [0.4, 0.5) is 0 Å². The Morgan fingerprint density at radius 1 is 1.24 bits per heavy atom. The second-order valence-electron chi connectivity index (χ2n) is 7.26. The smallest absolute Gasteiger partial charge is 0.211 e. The molecule has 0 amide bonds. The lowest BCUT2D eigenvalue weighted by atomic mass is 9.98. The summed E-state index contributed by atoms with van der Waals surface area (Å²) in [4.78, 5) is 4.25. The van der Waals surface area contributed by atoms with Gasteiger partial charge in [-0.2, -0.15) is 0 Å².